The molecular formula is C14H23N3O2S. The van der Waals surface area contributed by atoms with Crippen molar-refractivity contribution in [1.29, 1.82) is 0 Å². The first kappa shape index (κ1) is 15.4. The molecule has 0 aliphatic carbocycles. The van der Waals surface area contributed by atoms with E-state index in [1.165, 1.54) is 0 Å². The van der Waals surface area contributed by atoms with Gasteiger partial charge in [0, 0.05) is 30.6 Å². The SMILES string of the molecule is CC(C)C(=O)N[C@H]1CCN(Cc2nccs2)CC[C@@H]1O. The molecule has 6 heteroatoms. The summed E-state index contributed by atoms with van der Waals surface area (Å²) in [6, 6.07) is -0.133. The van der Waals surface area contributed by atoms with Gasteiger partial charge in [-0.05, 0) is 12.8 Å². The number of amides is 1. The summed E-state index contributed by atoms with van der Waals surface area (Å²) in [5.74, 6) is -0.0284. The molecule has 112 valence electrons. The third-order valence-corrected chi connectivity index (χ3v) is 4.42. The van der Waals surface area contributed by atoms with Crippen molar-refractivity contribution in [2.24, 2.45) is 5.92 Å². The van der Waals surface area contributed by atoms with Crippen LogP contribution < -0.4 is 5.32 Å². The Hall–Kier alpha value is -0.980. The Kier molecular flexibility index (Phi) is 5.51. The molecule has 0 unspecified atom stereocenters. The molecule has 1 aromatic heterocycles. The zero-order valence-electron chi connectivity index (χ0n) is 12.1. The lowest BCUT2D eigenvalue weighted by atomic mass is 10.1. The van der Waals surface area contributed by atoms with Crippen LogP contribution in [0.1, 0.15) is 31.7 Å². The molecular weight excluding hydrogens is 274 g/mol. The van der Waals surface area contributed by atoms with Gasteiger partial charge in [0.2, 0.25) is 5.91 Å². The summed E-state index contributed by atoms with van der Waals surface area (Å²) in [5, 5.41) is 16.2. The molecule has 20 heavy (non-hydrogen) atoms. The van der Waals surface area contributed by atoms with Crippen molar-refractivity contribution < 1.29 is 9.90 Å². The maximum Gasteiger partial charge on any atom is 0.222 e. The second-order valence-electron chi connectivity index (χ2n) is 5.62. The molecule has 2 atom stereocenters. The number of likely N-dealkylation sites (tertiary alicyclic amines) is 1. The van der Waals surface area contributed by atoms with Crippen molar-refractivity contribution in [1.82, 2.24) is 15.2 Å². The van der Waals surface area contributed by atoms with Crippen LogP contribution in [0.2, 0.25) is 0 Å². The number of carbonyl (C=O) groups is 1. The van der Waals surface area contributed by atoms with E-state index in [0.717, 1.165) is 31.1 Å². The number of carbonyl (C=O) groups excluding carboxylic acids is 1. The Labute approximate surface area is 124 Å². The molecule has 0 bridgehead atoms. The molecule has 0 aromatic carbocycles. The Morgan fingerprint density at radius 2 is 2.30 bits per heavy atom. The minimum atomic E-state index is -0.459. The maximum atomic E-state index is 11.8. The van der Waals surface area contributed by atoms with Crippen LogP contribution in [0.25, 0.3) is 0 Å². The third kappa shape index (κ3) is 4.26. The number of nitrogens with one attached hydrogen (secondary N) is 1. The predicted molar refractivity (Wildman–Crippen MR) is 79.4 cm³/mol. The maximum absolute atomic E-state index is 11.8. The fourth-order valence-electron chi connectivity index (χ4n) is 2.34. The van der Waals surface area contributed by atoms with Crippen molar-refractivity contribution in [2.75, 3.05) is 13.1 Å². The van der Waals surface area contributed by atoms with E-state index in [-0.39, 0.29) is 17.9 Å². The lowest BCUT2D eigenvalue weighted by Gasteiger charge is -2.22. The topological polar surface area (TPSA) is 65.5 Å². The molecule has 5 nitrogen and oxygen atoms in total. The van der Waals surface area contributed by atoms with E-state index >= 15 is 0 Å². The largest absolute Gasteiger partial charge is 0.391 e. The third-order valence-electron chi connectivity index (χ3n) is 3.66. The van der Waals surface area contributed by atoms with Crippen LogP contribution in [0.3, 0.4) is 0 Å². The van der Waals surface area contributed by atoms with Gasteiger partial charge in [-0.25, -0.2) is 4.98 Å². The van der Waals surface area contributed by atoms with Crippen molar-refractivity contribution >= 4 is 17.2 Å². The number of aromatic nitrogens is 1. The van der Waals surface area contributed by atoms with Crippen LogP contribution in [-0.2, 0) is 11.3 Å². The first-order valence-corrected chi connectivity index (χ1v) is 8.03. The summed E-state index contributed by atoms with van der Waals surface area (Å²) in [6.07, 6.45) is 2.83. The lowest BCUT2D eigenvalue weighted by molar-refractivity contribution is -0.125. The summed E-state index contributed by atoms with van der Waals surface area (Å²) in [6.45, 7) is 6.28. The zero-order valence-corrected chi connectivity index (χ0v) is 12.9. The highest BCUT2D eigenvalue weighted by molar-refractivity contribution is 7.09. The number of nitrogens with zero attached hydrogens (tertiary/aromatic N) is 2. The van der Waals surface area contributed by atoms with Crippen LogP contribution >= 0.6 is 11.3 Å². The van der Waals surface area contributed by atoms with Crippen LogP contribution in [-0.4, -0.2) is 46.1 Å². The molecule has 0 saturated carbocycles. The lowest BCUT2D eigenvalue weighted by Crippen LogP contribution is -2.44. The van der Waals surface area contributed by atoms with Gasteiger partial charge >= 0.3 is 0 Å². The molecule has 1 fully saturated rings. The minimum absolute atomic E-state index is 0.0161. The number of aliphatic hydroxyl groups excluding tert-OH is 1. The highest BCUT2D eigenvalue weighted by atomic mass is 32.1. The summed E-state index contributed by atoms with van der Waals surface area (Å²) < 4.78 is 0. The second-order valence-corrected chi connectivity index (χ2v) is 6.60. The van der Waals surface area contributed by atoms with E-state index in [1.54, 1.807) is 11.3 Å². The van der Waals surface area contributed by atoms with E-state index < -0.39 is 6.10 Å². The van der Waals surface area contributed by atoms with Gasteiger partial charge in [0.05, 0.1) is 18.7 Å². The van der Waals surface area contributed by atoms with Crippen molar-refractivity contribution in [3.05, 3.63) is 16.6 Å². The van der Waals surface area contributed by atoms with E-state index in [0.29, 0.717) is 6.42 Å². The van der Waals surface area contributed by atoms with Gasteiger partial charge in [0.1, 0.15) is 5.01 Å². The molecule has 2 rings (SSSR count). The monoisotopic (exact) mass is 297 g/mol. The average Bonchev–Trinajstić information content (AvgIpc) is 2.86. The standard InChI is InChI=1S/C14H23N3O2S/c1-10(2)14(19)16-11-3-6-17(7-4-12(11)18)9-13-15-5-8-20-13/h5,8,10-12,18H,3-4,6-7,9H2,1-2H3,(H,16,19)/t11-,12-/m0/s1. The smallest absolute Gasteiger partial charge is 0.222 e. The number of thiazole rings is 1. The quantitative estimate of drug-likeness (QED) is 0.877. The Balaban J connectivity index is 1.88. The molecule has 0 spiro atoms. The van der Waals surface area contributed by atoms with Gasteiger partial charge in [-0.2, -0.15) is 0 Å². The van der Waals surface area contributed by atoms with E-state index in [9.17, 15) is 9.90 Å². The van der Waals surface area contributed by atoms with Gasteiger partial charge < -0.3 is 10.4 Å². The van der Waals surface area contributed by atoms with Crippen molar-refractivity contribution in [3.63, 3.8) is 0 Å². The first-order valence-electron chi connectivity index (χ1n) is 7.15. The number of hydrogen-bond donors (Lipinski definition) is 2. The Bertz CT molecular complexity index is 422. The first-order chi connectivity index (χ1) is 9.56. The van der Waals surface area contributed by atoms with Crippen LogP contribution in [0, 0.1) is 5.92 Å². The van der Waals surface area contributed by atoms with Gasteiger partial charge in [-0.1, -0.05) is 13.8 Å². The van der Waals surface area contributed by atoms with Crippen LogP contribution in [0.4, 0.5) is 0 Å². The fourth-order valence-corrected chi connectivity index (χ4v) is 3.00. The molecule has 1 saturated heterocycles. The molecule has 2 heterocycles. The van der Waals surface area contributed by atoms with E-state index in [4.69, 9.17) is 0 Å². The summed E-state index contributed by atoms with van der Waals surface area (Å²) in [7, 11) is 0. The van der Waals surface area contributed by atoms with Crippen LogP contribution in [0.15, 0.2) is 11.6 Å². The molecule has 0 radical (unpaired) electrons. The molecule has 1 aliphatic rings. The normalized spacial score (nSPS) is 24.6. The summed E-state index contributed by atoms with van der Waals surface area (Å²) in [4.78, 5) is 18.4. The molecule has 1 aromatic rings. The Morgan fingerprint density at radius 1 is 1.55 bits per heavy atom. The Morgan fingerprint density at radius 3 is 2.95 bits per heavy atom. The summed E-state index contributed by atoms with van der Waals surface area (Å²) in [5.41, 5.74) is 0. The van der Waals surface area contributed by atoms with Gasteiger partial charge in [-0.3, -0.25) is 9.69 Å². The molecule has 1 amide bonds. The highest BCUT2D eigenvalue weighted by Gasteiger charge is 2.26. The predicted octanol–water partition coefficient (Wildman–Crippen LogP) is 1.24. The number of hydrogen-bond acceptors (Lipinski definition) is 5. The summed E-state index contributed by atoms with van der Waals surface area (Å²) >= 11 is 1.65. The van der Waals surface area contributed by atoms with Gasteiger partial charge in [0.15, 0.2) is 0 Å². The fraction of sp³-hybridized carbons (Fsp3) is 0.714. The highest BCUT2D eigenvalue weighted by Crippen LogP contribution is 2.16. The van der Waals surface area contributed by atoms with Crippen LogP contribution in [0.5, 0.6) is 0 Å². The second kappa shape index (κ2) is 7.15. The number of rotatable bonds is 4. The van der Waals surface area contributed by atoms with Gasteiger partial charge in [0.25, 0.3) is 0 Å². The van der Waals surface area contributed by atoms with Gasteiger partial charge in [-0.15, -0.1) is 11.3 Å². The average molecular weight is 297 g/mol. The molecule has 1 aliphatic heterocycles. The molecule has 2 N–H and O–H groups in total. The van der Waals surface area contributed by atoms with Crippen molar-refractivity contribution in [3.8, 4) is 0 Å². The van der Waals surface area contributed by atoms with E-state index in [1.807, 2.05) is 25.4 Å². The number of aliphatic hydroxyl groups is 1. The van der Waals surface area contributed by atoms with E-state index in [2.05, 4.69) is 15.2 Å². The minimum Gasteiger partial charge on any atom is -0.391 e. The zero-order chi connectivity index (χ0) is 14.5. The van der Waals surface area contributed by atoms with Crippen molar-refractivity contribution in [2.45, 2.75) is 45.4 Å².